The molecule has 110 valence electrons. The van der Waals surface area contributed by atoms with E-state index in [-0.39, 0.29) is 23.8 Å². The molecule has 20 heavy (non-hydrogen) atoms. The fourth-order valence-corrected chi connectivity index (χ4v) is 3.84. The molecule has 1 aromatic rings. The molecule has 0 bridgehead atoms. The Labute approximate surface area is 123 Å². The van der Waals surface area contributed by atoms with Crippen LogP contribution in [0.15, 0.2) is 17.5 Å². The van der Waals surface area contributed by atoms with Gasteiger partial charge in [0, 0.05) is 11.3 Å². The van der Waals surface area contributed by atoms with Crippen molar-refractivity contribution in [2.24, 2.45) is 5.41 Å². The average molecular weight is 295 g/mol. The molecule has 0 spiro atoms. The van der Waals surface area contributed by atoms with Gasteiger partial charge in [-0.3, -0.25) is 9.59 Å². The zero-order chi connectivity index (χ0) is 14.6. The summed E-state index contributed by atoms with van der Waals surface area (Å²) in [5.74, 6) is -0.833. The van der Waals surface area contributed by atoms with Gasteiger partial charge in [0.1, 0.15) is 0 Å². The Bertz CT molecular complexity index is 463. The standard InChI is InChI=1S/C15H21NO3S/c1-11(12-5-4-8-20-12)16-13(17)9-15(10-14(18)19)6-2-3-7-15/h4-5,8,11H,2-3,6-7,9-10H2,1H3,(H,16,17)(H,18,19)/t11-/m0/s1. The van der Waals surface area contributed by atoms with E-state index in [9.17, 15) is 9.59 Å². The van der Waals surface area contributed by atoms with E-state index in [1.165, 1.54) is 0 Å². The SMILES string of the molecule is C[C@H](NC(=O)CC1(CC(=O)O)CCCC1)c1cccs1. The van der Waals surface area contributed by atoms with E-state index < -0.39 is 5.97 Å². The van der Waals surface area contributed by atoms with E-state index in [1.54, 1.807) is 11.3 Å². The lowest BCUT2D eigenvalue weighted by atomic mass is 9.79. The van der Waals surface area contributed by atoms with Crippen LogP contribution in [-0.4, -0.2) is 17.0 Å². The van der Waals surface area contributed by atoms with Gasteiger partial charge in [-0.2, -0.15) is 0 Å². The van der Waals surface area contributed by atoms with Gasteiger partial charge >= 0.3 is 5.97 Å². The van der Waals surface area contributed by atoms with Crippen LogP contribution < -0.4 is 5.32 Å². The molecule has 1 amide bonds. The minimum atomic E-state index is -0.800. The van der Waals surface area contributed by atoms with Gasteiger partial charge < -0.3 is 10.4 Å². The maximum atomic E-state index is 12.2. The summed E-state index contributed by atoms with van der Waals surface area (Å²) in [7, 11) is 0. The second-order valence-corrected chi connectivity index (χ2v) is 6.74. The molecule has 1 aromatic heterocycles. The maximum Gasteiger partial charge on any atom is 0.303 e. The number of carbonyl (C=O) groups is 2. The van der Waals surface area contributed by atoms with Crippen LogP contribution in [0, 0.1) is 5.41 Å². The zero-order valence-electron chi connectivity index (χ0n) is 11.7. The number of carboxylic acids is 1. The topological polar surface area (TPSA) is 66.4 Å². The molecule has 5 heteroatoms. The van der Waals surface area contributed by atoms with Gasteiger partial charge in [-0.1, -0.05) is 18.9 Å². The molecule has 1 aliphatic rings. The Balaban J connectivity index is 1.93. The summed E-state index contributed by atoms with van der Waals surface area (Å²) >= 11 is 1.62. The summed E-state index contributed by atoms with van der Waals surface area (Å²) in [6.07, 6.45) is 4.19. The normalized spacial score (nSPS) is 18.6. The number of thiophene rings is 1. The summed E-state index contributed by atoms with van der Waals surface area (Å²) in [6, 6.07) is 3.95. The quantitative estimate of drug-likeness (QED) is 0.845. The monoisotopic (exact) mass is 295 g/mol. The molecule has 1 atom stereocenters. The highest BCUT2D eigenvalue weighted by atomic mass is 32.1. The minimum Gasteiger partial charge on any atom is -0.481 e. The van der Waals surface area contributed by atoms with Gasteiger partial charge in [-0.25, -0.2) is 0 Å². The molecule has 0 saturated heterocycles. The molecule has 1 saturated carbocycles. The molecule has 4 nitrogen and oxygen atoms in total. The predicted octanol–water partition coefficient (Wildman–Crippen LogP) is 3.35. The lowest BCUT2D eigenvalue weighted by molar-refractivity contribution is -0.140. The highest BCUT2D eigenvalue weighted by molar-refractivity contribution is 7.10. The van der Waals surface area contributed by atoms with E-state index in [0.717, 1.165) is 30.6 Å². The van der Waals surface area contributed by atoms with Crippen LogP contribution in [0.2, 0.25) is 0 Å². The molecule has 1 fully saturated rings. The van der Waals surface area contributed by atoms with Crippen LogP contribution in [0.25, 0.3) is 0 Å². The lowest BCUT2D eigenvalue weighted by Gasteiger charge is -2.27. The van der Waals surface area contributed by atoms with Crippen molar-refractivity contribution in [1.82, 2.24) is 5.32 Å². The van der Waals surface area contributed by atoms with Crippen LogP contribution in [-0.2, 0) is 9.59 Å². The van der Waals surface area contributed by atoms with Gasteiger partial charge in [0.25, 0.3) is 0 Å². The Hall–Kier alpha value is -1.36. The van der Waals surface area contributed by atoms with Crippen molar-refractivity contribution in [3.05, 3.63) is 22.4 Å². The van der Waals surface area contributed by atoms with Crippen molar-refractivity contribution < 1.29 is 14.7 Å². The predicted molar refractivity (Wildman–Crippen MR) is 78.6 cm³/mol. The third-order valence-electron chi connectivity index (χ3n) is 4.07. The molecule has 1 heterocycles. The average Bonchev–Trinajstić information content (AvgIpc) is 2.98. The smallest absolute Gasteiger partial charge is 0.303 e. The zero-order valence-corrected chi connectivity index (χ0v) is 12.5. The van der Waals surface area contributed by atoms with Crippen molar-refractivity contribution >= 4 is 23.2 Å². The first-order valence-electron chi connectivity index (χ1n) is 7.05. The molecule has 0 unspecified atom stereocenters. The van der Waals surface area contributed by atoms with E-state index in [4.69, 9.17) is 5.11 Å². The molecular formula is C15H21NO3S. The third kappa shape index (κ3) is 3.82. The van der Waals surface area contributed by atoms with Crippen molar-refractivity contribution in [2.75, 3.05) is 0 Å². The largest absolute Gasteiger partial charge is 0.481 e. The molecule has 0 radical (unpaired) electrons. The Morgan fingerprint density at radius 3 is 2.65 bits per heavy atom. The molecule has 0 aromatic carbocycles. The third-order valence-corrected chi connectivity index (χ3v) is 5.13. The Morgan fingerprint density at radius 2 is 2.10 bits per heavy atom. The van der Waals surface area contributed by atoms with Crippen LogP contribution in [0.4, 0.5) is 0 Å². The number of aliphatic carboxylic acids is 1. The molecular weight excluding hydrogens is 274 g/mol. The number of carboxylic acid groups (broad SMARTS) is 1. The summed E-state index contributed by atoms with van der Waals surface area (Å²) in [5, 5.41) is 14.0. The van der Waals surface area contributed by atoms with E-state index in [2.05, 4.69) is 5.32 Å². The van der Waals surface area contributed by atoms with Crippen LogP contribution >= 0.6 is 11.3 Å². The van der Waals surface area contributed by atoms with E-state index in [0.29, 0.717) is 6.42 Å². The van der Waals surface area contributed by atoms with Crippen molar-refractivity contribution in [2.45, 2.75) is 51.5 Å². The summed E-state index contributed by atoms with van der Waals surface area (Å²) in [4.78, 5) is 24.3. The molecule has 2 N–H and O–H groups in total. The van der Waals surface area contributed by atoms with Gasteiger partial charge in [0.05, 0.1) is 12.5 Å². The van der Waals surface area contributed by atoms with Gasteiger partial charge in [-0.05, 0) is 36.6 Å². The van der Waals surface area contributed by atoms with Crippen LogP contribution in [0.3, 0.4) is 0 Å². The number of hydrogen-bond donors (Lipinski definition) is 2. The van der Waals surface area contributed by atoms with Gasteiger partial charge in [0.15, 0.2) is 0 Å². The number of amides is 1. The van der Waals surface area contributed by atoms with E-state index >= 15 is 0 Å². The first-order valence-corrected chi connectivity index (χ1v) is 7.93. The molecule has 2 rings (SSSR count). The second kappa shape index (κ2) is 6.39. The number of carbonyl (C=O) groups excluding carboxylic acids is 1. The van der Waals surface area contributed by atoms with E-state index in [1.807, 2.05) is 24.4 Å². The number of hydrogen-bond acceptors (Lipinski definition) is 3. The number of rotatable bonds is 6. The highest BCUT2D eigenvalue weighted by Crippen LogP contribution is 2.44. The summed E-state index contributed by atoms with van der Waals surface area (Å²) < 4.78 is 0. The lowest BCUT2D eigenvalue weighted by Crippen LogP contribution is -2.33. The van der Waals surface area contributed by atoms with Crippen LogP contribution in [0.1, 0.15) is 56.4 Å². The van der Waals surface area contributed by atoms with Gasteiger partial charge in [-0.15, -0.1) is 11.3 Å². The highest BCUT2D eigenvalue weighted by Gasteiger charge is 2.38. The fraction of sp³-hybridized carbons (Fsp3) is 0.600. The van der Waals surface area contributed by atoms with Crippen molar-refractivity contribution in [1.29, 1.82) is 0 Å². The van der Waals surface area contributed by atoms with Crippen LogP contribution in [0.5, 0.6) is 0 Å². The summed E-state index contributed by atoms with van der Waals surface area (Å²) in [5.41, 5.74) is -0.328. The Morgan fingerprint density at radius 1 is 1.40 bits per heavy atom. The first kappa shape index (κ1) is 15.0. The van der Waals surface area contributed by atoms with Gasteiger partial charge in [0.2, 0.25) is 5.91 Å². The minimum absolute atomic E-state index is 0.00854. The number of nitrogens with one attached hydrogen (secondary N) is 1. The molecule has 1 aliphatic carbocycles. The Kier molecular flexibility index (Phi) is 4.81. The fourth-order valence-electron chi connectivity index (χ4n) is 3.10. The molecule has 0 aliphatic heterocycles. The maximum absolute atomic E-state index is 12.2. The second-order valence-electron chi connectivity index (χ2n) is 5.76. The summed E-state index contributed by atoms with van der Waals surface area (Å²) in [6.45, 7) is 1.96. The van der Waals surface area contributed by atoms with Crippen molar-refractivity contribution in [3.63, 3.8) is 0 Å². The first-order chi connectivity index (χ1) is 9.51. The van der Waals surface area contributed by atoms with Crippen molar-refractivity contribution in [3.8, 4) is 0 Å².